The molecule has 0 aliphatic carbocycles. The maximum absolute atomic E-state index is 11.6. The third-order valence-corrected chi connectivity index (χ3v) is 2.83. The molecule has 0 aromatic rings. The van der Waals surface area contributed by atoms with Crippen LogP contribution in [0.1, 0.15) is 40.5 Å². The molecule has 5 heteroatoms. The molecule has 5 nitrogen and oxygen atoms in total. The van der Waals surface area contributed by atoms with Crippen LogP contribution in [0.2, 0.25) is 0 Å². The molecular weight excluding hydrogens is 232 g/mol. The first-order chi connectivity index (χ1) is 8.26. The van der Waals surface area contributed by atoms with Crippen molar-refractivity contribution < 1.29 is 14.6 Å². The Hall–Kier alpha value is -0.810. The van der Waals surface area contributed by atoms with Gasteiger partial charge in [-0.15, -0.1) is 0 Å². The third-order valence-electron chi connectivity index (χ3n) is 2.83. The van der Waals surface area contributed by atoms with Crippen LogP contribution in [0.25, 0.3) is 0 Å². The fourth-order valence-electron chi connectivity index (χ4n) is 2.11. The maximum atomic E-state index is 11.6. The van der Waals surface area contributed by atoms with Gasteiger partial charge in [-0.25, -0.2) is 4.79 Å². The molecule has 0 saturated carbocycles. The van der Waals surface area contributed by atoms with E-state index in [0.29, 0.717) is 6.54 Å². The number of nitrogens with one attached hydrogen (secondary N) is 1. The van der Waals surface area contributed by atoms with Crippen LogP contribution in [0.5, 0.6) is 0 Å². The van der Waals surface area contributed by atoms with Gasteiger partial charge >= 0.3 is 6.09 Å². The molecule has 106 valence electrons. The first-order valence-corrected chi connectivity index (χ1v) is 6.66. The van der Waals surface area contributed by atoms with E-state index in [1.54, 1.807) is 6.92 Å². The van der Waals surface area contributed by atoms with E-state index >= 15 is 0 Å². The predicted molar refractivity (Wildman–Crippen MR) is 70.5 cm³/mol. The van der Waals surface area contributed by atoms with Crippen LogP contribution in [0, 0.1) is 0 Å². The number of carbonyl (C=O) groups is 1. The molecule has 0 radical (unpaired) electrons. The number of rotatable bonds is 3. The Balaban J connectivity index is 2.25. The standard InChI is InChI=1S/C13H26N2O3/c1-10(16)9-15-7-5-11(6-8-15)14-12(17)18-13(2,3)4/h10-11,16H,5-9H2,1-4H3,(H,14,17)/t10-/m0/s1. The van der Waals surface area contributed by atoms with Crippen LogP contribution in [0.15, 0.2) is 0 Å². The second-order valence-electron chi connectivity index (χ2n) is 6.07. The zero-order valence-corrected chi connectivity index (χ0v) is 11.9. The zero-order chi connectivity index (χ0) is 13.8. The minimum absolute atomic E-state index is 0.185. The van der Waals surface area contributed by atoms with Gasteiger partial charge in [-0.2, -0.15) is 0 Å². The summed E-state index contributed by atoms with van der Waals surface area (Å²) in [5, 5.41) is 12.2. The molecule has 0 aromatic heterocycles. The molecule has 1 aliphatic heterocycles. The lowest BCUT2D eigenvalue weighted by Gasteiger charge is -2.33. The summed E-state index contributed by atoms with van der Waals surface area (Å²) in [5.74, 6) is 0. The Labute approximate surface area is 109 Å². The highest BCUT2D eigenvalue weighted by atomic mass is 16.6. The Morgan fingerprint density at radius 3 is 2.44 bits per heavy atom. The topological polar surface area (TPSA) is 61.8 Å². The van der Waals surface area contributed by atoms with Gasteiger partial charge in [0, 0.05) is 25.7 Å². The minimum Gasteiger partial charge on any atom is -0.444 e. The number of carbonyl (C=O) groups excluding carboxylic acids is 1. The predicted octanol–water partition coefficient (Wildman–Crippen LogP) is 1.36. The number of hydrogen-bond donors (Lipinski definition) is 2. The fraction of sp³-hybridized carbons (Fsp3) is 0.923. The highest BCUT2D eigenvalue weighted by Gasteiger charge is 2.23. The number of hydrogen-bond acceptors (Lipinski definition) is 4. The van der Waals surface area contributed by atoms with Gasteiger partial charge in [-0.05, 0) is 40.5 Å². The number of aliphatic hydroxyl groups is 1. The molecule has 1 heterocycles. The largest absolute Gasteiger partial charge is 0.444 e. The first kappa shape index (κ1) is 15.2. The van der Waals surface area contributed by atoms with Crippen LogP contribution in [-0.2, 0) is 4.74 Å². The zero-order valence-electron chi connectivity index (χ0n) is 11.9. The Morgan fingerprint density at radius 2 is 2.00 bits per heavy atom. The SMILES string of the molecule is C[C@H](O)CN1CCC(NC(=O)OC(C)(C)C)CC1. The van der Waals surface area contributed by atoms with E-state index in [-0.39, 0.29) is 18.2 Å². The first-order valence-electron chi connectivity index (χ1n) is 6.66. The molecule has 1 saturated heterocycles. The van der Waals surface area contributed by atoms with Crippen LogP contribution >= 0.6 is 0 Å². The van der Waals surface area contributed by atoms with Gasteiger partial charge in [0.15, 0.2) is 0 Å². The van der Waals surface area contributed by atoms with E-state index < -0.39 is 5.60 Å². The minimum atomic E-state index is -0.447. The summed E-state index contributed by atoms with van der Waals surface area (Å²) >= 11 is 0. The van der Waals surface area contributed by atoms with E-state index in [1.807, 2.05) is 20.8 Å². The van der Waals surface area contributed by atoms with E-state index in [9.17, 15) is 9.90 Å². The van der Waals surface area contributed by atoms with E-state index in [0.717, 1.165) is 25.9 Å². The Kier molecular flexibility index (Phi) is 5.41. The highest BCUT2D eigenvalue weighted by molar-refractivity contribution is 5.68. The number of β-amino-alcohol motifs (C(OH)–C–C–N with tert-alkyl or cyclic N) is 1. The highest BCUT2D eigenvalue weighted by Crippen LogP contribution is 2.12. The van der Waals surface area contributed by atoms with Crippen LogP contribution < -0.4 is 5.32 Å². The number of nitrogens with zero attached hydrogens (tertiary/aromatic N) is 1. The number of aliphatic hydroxyl groups excluding tert-OH is 1. The average molecular weight is 258 g/mol. The van der Waals surface area contributed by atoms with Crippen LogP contribution in [0.3, 0.4) is 0 Å². The maximum Gasteiger partial charge on any atom is 0.407 e. The van der Waals surface area contributed by atoms with Crippen molar-refractivity contribution in [3.63, 3.8) is 0 Å². The van der Waals surface area contributed by atoms with Crippen LogP contribution in [-0.4, -0.2) is 53.5 Å². The molecule has 1 atom stereocenters. The normalized spacial score (nSPS) is 20.5. The molecule has 0 bridgehead atoms. The van der Waals surface area contributed by atoms with E-state index in [2.05, 4.69) is 10.2 Å². The summed E-state index contributed by atoms with van der Waals surface area (Å²) in [4.78, 5) is 13.8. The summed E-state index contributed by atoms with van der Waals surface area (Å²) in [6, 6.07) is 0.185. The summed E-state index contributed by atoms with van der Waals surface area (Å²) in [6.07, 6.45) is 1.19. The molecule has 0 spiro atoms. The lowest BCUT2D eigenvalue weighted by Crippen LogP contribution is -2.47. The van der Waals surface area contributed by atoms with Crippen molar-refractivity contribution in [1.82, 2.24) is 10.2 Å². The van der Waals surface area contributed by atoms with Crippen molar-refractivity contribution in [3.8, 4) is 0 Å². The lowest BCUT2D eigenvalue weighted by atomic mass is 10.1. The Bertz CT molecular complexity index is 266. The van der Waals surface area contributed by atoms with Crippen molar-refractivity contribution in [2.24, 2.45) is 0 Å². The van der Waals surface area contributed by atoms with E-state index in [4.69, 9.17) is 4.74 Å². The number of likely N-dealkylation sites (tertiary alicyclic amines) is 1. The average Bonchev–Trinajstić information content (AvgIpc) is 2.17. The van der Waals surface area contributed by atoms with Crippen molar-refractivity contribution in [2.45, 2.75) is 58.3 Å². The van der Waals surface area contributed by atoms with Crippen molar-refractivity contribution >= 4 is 6.09 Å². The quantitative estimate of drug-likeness (QED) is 0.802. The van der Waals surface area contributed by atoms with Crippen LogP contribution in [0.4, 0.5) is 4.79 Å². The van der Waals surface area contributed by atoms with Gasteiger partial charge in [-0.3, -0.25) is 0 Å². The number of alkyl carbamates (subject to hydrolysis) is 1. The Morgan fingerprint density at radius 1 is 1.44 bits per heavy atom. The molecule has 1 rings (SSSR count). The summed E-state index contributed by atoms with van der Waals surface area (Å²) in [6.45, 7) is 9.90. The van der Waals surface area contributed by atoms with E-state index in [1.165, 1.54) is 0 Å². The second kappa shape index (κ2) is 6.38. The van der Waals surface area contributed by atoms with Gasteiger partial charge in [0.1, 0.15) is 5.60 Å². The number of ether oxygens (including phenoxy) is 1. The molecule has 1 fully saturated rings. The molecule has 1 amide bonds. The second-order valence-corrected chi connectivity index (χ2v) is 6.07. The summed E-state index contributed by atoms with van der Waals surface area (Å²) in [7, 11) is 0. The lowest BCUT2D eigenvalue weighted by molar-refractivity contribution is 0.0464. The fourth-order valence-corrected chi connectivity index (χ4v) is 2.11. The van der Waals surface area contributed by atoms with Crippen molar-refractivity contribution in [3.05, 3.63) is 0 Å². The third kappa shape index (κ3) is 6.21. The molecule has 18 heavy (non-hydrogen) atoms. The molecule has 0 aromatic carbocycles. The number of piperidine rings is 1. The van der Waals surface area contributed by atoms with Gasteiger partial charge in [0.05, 0.1) is 6.10 Å². The summed E-state index contributed by atoms with van der Waals surface area (Å²) in [5.41, 5.74) is -0.447. The summed E-state index contributed by atoms with van der Waals surface area (Å²) < 4.78 is 5.23. The molecule has 0 unspecified atom stereocenters. The monoisotopic (exact) mass is 258 g/mol. The van der Waals surface area contributed by atoms with Gasteiger partial charge in [-0.1, -0.05) is 0 Å². The van der Waals surface area contributed by atoms with Crippen molar-refractivity contribution in [2.75, 3.05) is 19.6 Å². The van der Waals surface area contributed by atoms with Gasteiger partial charge in [0.2, 0.25) is 0 Å². The van der Waals surface area contributed by atoms with Gasteiger partial charge < -0.3 is 20.1 Å². The molecular formula is C13H26N2O3. The smallest absolute Gasteiger partial charge is 0.407 e. The molecule has 1 aliphatic rings. The number of amides is 1. The van der Waals surface area contributed by atoms with Crippen molar-refractivity contribution in [1.29, 1.82) is 0 Å². The molecule has 2 N–H and O–H groups in total. The van der Waals surface area contributed by atoms with Gasteiger partial charge in [0.25, 0.3) is 0 Å².